The number of aryl methyl sites for hydroxylation is 2. The molecule has 1 amide bonds. The molecule has 1 aromatic heterocycles. The zero-order valence-corrected chi connectivity index (χ0v) is 9.19. The number of morpholine rings is 1. The van der Waals surface area contributed by atoms with Gasteiger partial charge in [0.15, 0.2) is 0 Å². The molecule has 1 aliphatic heterocycles. The van der Waals surface area contributed by atoms with Gasteiger partial charge in [-0.05, 0) is 18.6 Å². The number of amides is 1. The molecule has 1 aliphatic rings. The van der Waals surface area contributed by atoms with Crippen molar-refractivity contribution in [1.82, 2.24) is 9.47 Å². The molecular formula is C11H16N2O2. The fourth-order valence-electron chi connectivity index (χ4n) is 1.87. The van der Waals surface area contributed by atoms with E-state index < -0.39 is 0 Å². The van der Waals surface area contributed by atoms with E-state index in [1.165, 1.54) is 0 Å². The van der Waals surface area contributed by atoms with Gasteiger partial charge in [0.1, 0.15) is 5.69 Å². The maximum atomic E-state index is 12.1. The van der Waals surface area contributed by atoms with Gasteiger partial charge in [-0.2, -0.15) is 0 Å². The minimum Gasteiger partial charge on any atom is -0.378 e. The maximum Gasteiger partial charge on any atom is 0.270 e. The number of aromatic nitrogens is 1. The summed E-state index contributed by atoms with van der Waals surface area (Å²) in [5, 5.41) is 0. The minimum atomic E-state index is 0.105. The molecule has 0 atom stereocenters. The summed E-state index contributed by atoms with van der Waals surface area (Å²) >= 11 is 0. The largest absolute Gasteiger partial charge is 0.378 e. The molecule has 0 unspecified atom stereocenters. The Bertz CT molecular complexity index is 365. The lowest BCUT2D eigenvalue weighted by molar-refractivity contribution is 0.0296. The first-order valence-electron chi connectivity index (χ1n) is 5.18. The van der Waals surface area contributed by atoms with Gasteiger partial charge in [0.25, 0.3) is 5.91 Å². The molecule has 15 heavy (non-hydrogen) atoms. The fraction of sp³-hybridized carbons (Fsp3) is 0.545. The molecule has 4 nitrogen and oxygen atoms in total. The van der Waals surface area contributed by atoms with E-state index in [4.69, 9.17) is 4.74 Å². The number of hydrogen-bond donors (Lipinski definition) is 0. The number of hydrogen-bond acceptors (Lipinski definition) is 2. The van der Waals surface area contributed by atoms with E-state index in [0.29, 0.717) is 26.3 Å². The molecule has 0 aliphatic carbocycles. The third kappa shape index (κ3) is 2.04. The number of rotatable bonds is 1. The lowest BCUT2D eigenvalue weighted by atomic mass is 10.3. The van der Waals surface area contributed by atoms with Crippen LogP contribution in [0.5, 0.6) is 0 Å². The zero-order valence-electron chi connectivity index (χ0n) is 9.19. The van der Waals surface area contributed by atoms with E-state index in [1.54, 1.807) is 0 Å². The van der Waals surface area contributed by atoms with Crippen molar-refractivity contribution in [3.8, 4) is 0 Å². The fourth-order valence-corrected chi connectivity index (χ4v) is 1.87. The summed E-state index contributed by atoms with van der Waals surface area (Å²) in [5.41, 5.74) is 1.88. The van der Waals surface area contributed by atoms with Crippen LogP contribution in [0.2, 0.25) is 0 Å². The molecule has 82 valence electrons. The molecule has 2 rings (SSSR count). The van der Waals surface area contributed by atoms with Crippen LogP contribution in [0.3, 0.4) is 0 Å². The average Bonchev–Trinajstić information content (AvgIpc) is 2.58. The highest BCUT2D eigenvalue weighted by Crippen LogP contribution is 2.10. The predicted octanol–water partition coefficient (Wildman–Crippen LogP) is 0.806. The first kappa shape index (κ1) is 10.2. The monoisotopic (exact) mass is 208 g/mol. The van der Waals surface area contributed by atoms with Crippen LogP contribution in [-0.2, 0) is 11.8 Å². The number of carbonyl (C=O) groups is 1. The molecule has 0 saturated carbocycles. The molecule has 0 bridgehead atoms. The Morgan fingerprint density at radius 1 is 1.40 bits per heavy atom. The second-order valence-corrected chi connectivity index (χ2v) is 3.92. The highest BCUT2D eigenvalue weighted by atomic mass is 16.5. The van der Waals surface area contributed by atoms with Crippen LogP contribution < -0.4 is 0 Å². The summed E-state index contributed by atoms with van der Waals surface area (Å²) < 4.78 is 7.10. The van der Waals surface area contributed by atoms with Crippen molar-refractivity contribution >= 4 is 5.91 Å². The Balaban J connectivity index is 2.16. The van der Waals surface area contributed by atoms with Crippen LogP contribution >= 0.6 is 0 Å². The summed E-state index contributed by atoms with van der Waals surface area (Å²) in [5.74, 6) is 0.105. The number of ether oxygens (including phenoxy) is 1. The number of nitrogens with zero attached hydrogens (tertiary/aromatic N) is 2. The standard InChI is InChI=1S/C11H16N2O2/c1-9-7-10(12(2)8-9)11(14)13-3-5-15-6-4-13/h7-8H,3-6H2,1-2H3. The second-order valence-electron chi connectivity index (χ2n) is 3.92. The SMILES string of the molecule is Cc1cc(C(=O)N2CCOCC2)n(C)c1. The average molecular weight is 208 g/mol. The molecule has 2 heterocycles. The molecule has 0 spiro atoms. The van der Waals surface area contributed by atoms with E-state index >= 15 is 0 Å². The van der Waals surface area contributed by atoms with Crippen LogP contribution in [0, 0.1) is 6.92 Å². The Morgan fingerprint density at radius 2 is 2.07 bits per heavy atom. The Hall–Kier alpha value is -1.29. The van der Waals surface area contributed by atoms with Crippen LogP contribution in [0.4, 0.5) is 0 Å². The van der Waals surface area contributed by atoms with Crippen molar-refractivity contribution < 1.29 is 9.53 Å². The normalized spacial score (nSPS) is 16.8. The van der Waals surface area contributed by atoms with E-state index in [0.717, 1.165) is 11.3 Å². The van der Waals surface area contributed by atoms with Gasteiger partial charge in [-0.15, -0.1) is 0 Å². The van der Waals surface area contributed by atoms with Crippen molar-refractivity contribution in [3.63, 3.8) is 0 Å². The smallest absolute Gasteiger partial charge is 0.270 e. The van der Waals surface area contributed by atoms with Crippen LogP contribution in [0.25, 0.3) is 0 Å². The van der Waals surface area contributed by atoms with E-state index in [-0.39, 0.29) is 5.91 Å². The summed E-state index contributed by atoms with van der Waals surface area (Å²) in [7, 11) is 1.90. The predicted molar refractivity (Wildman–Crippen MR) is 56.9 cm³/mol. The van der Waals surface area contributed by atoms with Gasteiger partial charge in [-0.25, -0.2) is 0 Å². The summed E-state index contributed by atoms with van der Waals surface area (Å²) in [6.45, 7) is 4.69. The molecule has 1 fully saturated rings. The van der Waals surface area contributed by atoms with Crippen molar-refractivity contribution in [3.05, 3.63) is 23.5 Å². The van der Waals surface area contributed by atoms with Crippen LogP contribution in [-0.4, -0.2) is 41.7 Å². The number of carbonyl (C=O) groups excluding carboxylic acids is 1. The van der Waals surface area contributed by atoms with Crippen LogP contribution in [0.15, 0.2) is 12.3 Å². The Kier molecular flexibility index (Phi) is 2.77. The first-order chi connectivity index (χ1) is 7.18. The van der Waals surface area contributed by atoms with Crippen LogP contribution in [0.1, 0.15) is 16.1 Å². The molecular weight excluding hydrogens is 192 g/mol. The summed E-state index contributed by atoms with van der Waals surface area (Å²) in [6.07, 6.45) is 1.97. The zero-order chi connectivity index (χ0) is 10.8. The third-order valence-electron chi connectivity index (χ3n) is 2.66. The van der Waals surface area contributed by atoms with Gasteiger partial charge >= 0.3 is 0 Å². The maximum absolute atomic E-state index is 12.1. The van der Waals surface area contributed by atoms with Crippen molar-refractivity contribution in [2.45, 2.75) is 6.92 Å². The van der Waals surface area contributed by atoms with E-state index in [2.05, 4.69) is 0 Å². The molecule has 0 N–H and O–H groups in total. The Labute approximate surface area is 89.4 Å². The van der Waals surface area contributed by atoms with Crippen molar-refractivity contribution in [2.75, 3.05) is 26.3 Å². The van der Waals surface area contributed by atoms with E-state index in [1.807, 2.05) is 35.7 Å². The first-order valence-corrected chi connectivity index (χ1v) is 5.18. The van der Waals surface area contributed by atoms with Gasteiger partial charge in [0, 0.05) is 26.3 Å². The third-order valence-corrected chi connectivity index (χ3v) is 2.66. The second kappa shape index (κ2) is 4.06. The molecule has 0 aromatic carbocycles. The van der Waals surface area contributed by atoms with Gasteiger partial charge in [0.2, 0.25) is 0 Å². The van der Waals surface area contributed by atoms with Gasteiger partial charge in [0.05, 0.1) is 13.2 Å². The minimum absolute atomic E-state index is 0.105. The lowest BCUT2D eigenvalue weighted by Crippen LogP contribution is -2.41. The highest BCUT2D eigenvalue weighted by molar-refractivity contribution is 5.93. The quantitative estimate of drug-likeness (QED) is 0.684. The lowest BCUT2D eigenvalue weighted by Gasteiger charge is -2.26. The van der Waals surface area contributed by atoms with Gasteiger partial charge in [-0.1, -0.05) is 0 Å². The summed E-state index contributed by atoms with van der Waals surface area (Å²) in [6, 6.07) is 1.93. The van der Waals surface area contributed by atoms with Gasteiger partial charge < -0.3 is 14.2 Å². The van der Waals surface area contributed by atoms with E-state index in [9.17, 15) is 4.79 Å². The molecule has 1 aromatic rings. The summed E-state index contributed by atoms with van der Waals surface area (Å²) in [4.78, 5) is 13.9. The Morgan fingerprint density at radius 3 is 2.60 bits per heavy atom. The van der Waals surface area contributed by atoms with Crippen molar-refractivity contribution in [1.29, 1.82) is 0 Å². The highest BCUT2D eigenvalue weighted by Gasteiger charge is 2.20. The van der Waals surface area contributed by atoms with Crippen molar-refractivity contribution in [2.24, 2.45) is 7.05 Å². The molecule has 4 heteroatoms. The van der Waals surface area contributed by atoms with Gasteiger partial charge in [-0.3, -0.25) is 4.79 Å². The molecule has 0 radical (unpaired) electrons. The topological polar surface area (TPSA) is 34.5 Å². The molecule has 1 saturated heterocycles.